The average molecular weight is 356 g/mol. The molecule has 0 amide bonds. The molecule has 0 aliphatic carbocycles. The van der Waals surface area contributed by atoms with Crippen molar-refractivity contribution in [2.24, 2.45) is 0 Å². The summed E-state index contributed by atoms with van der Waals surface area (Å²) in [6.07, 6.45) is 1.75. The maximum Gasteiger partial charge on any atom is 0.261 e. The van der Waals surface area contributed by atoms with Gasteiger partial charge in [0.25, 0.3) is 5.89 Å². The predicted octanol–water partition coefficient (Wildman–Crippen LogP) is 5.28. The first-order valence-electron chi connectivity index (χ1n) is 8.88. The number of nitrogens with zero attached hydrogens (tertiary/aromatic N) is 3. The van der Waals surface area contributed by atoms with Crippen LogP contribution in [0.4, 0.5) is 5.82 Å². The molecule has 4 aromatic rings. The largest absolute Gasteiger partial charge is 0.363 e. The minimum atomic E-state index is 0.0963. The Bertz CT molecular complexity index is 1040. The quantitative estimate of drug-likeness (QED) is 0.527. The van der Waals surface area contributed by atoms with E-state index in [4.69, 9.17) is 4.52 Å². The molecule has 1 N–H and O–H groups in total. The van der Waals surface area contributed by atoms with Gasteiger partial charge in [-0.2, -0.15) is 4.98 Å². The summed E-state index contributed by atoms with van der Waals surface area (Å²) in [5, 5.41) is 7.59. The highest BCUT2D eigenvalue weighted by Crippen LogP contribution is 2.29. The summed E-state index contributed by atoms with van der Waals surface area (Å²) in [5.74, 6) is 1.73. The van der Waals surface area contributed by atoms with Gasteiger partial charge in [0.05, 0.1) is 5.56 Å². The van der Waals surface area contributed by atoms with E-state index in [-0.39, 0.29) is 6.04 Å². The normalized spacial score (nSPS) is 11.9. The van der Waals surface area contributed by atoms with Gasteiger partial charge in [0.15, 0.2) is 0 Å². The molecule has 5 nitrogen and oxygen atoms in total. The first-order chi connectivity index (χ1) is 13.2. The Morgan fingerprint density at radius 2 is 1.81 bits per heavy atom. The molecule has 0 radical (unpaired) electrons. The monoisotopic (exact) mass is 356 g/mol. The maximum atomic E-state index is 5.53. The lowest BCUT2D eigenvalue weighted by Crippen LogP contribution is -2.08. The highest BCUT2D eigenvalue weighted by molar-refractivity contribution is 5.70. The zero-order chi connectivity index (χ0) is 18.6. The Labute approximate surface area is 158 Å². The van der Waals surface area contributed by atoms with E-state index in [1.807, 2.05) is 61.5 Å². The van der Waals surface area contributed by atoms with Gasteiger partial charge in [0.1, 0.15) is 5.82 Å². The Hall–Kier alpha value is -3.47. The zero-order valence-corrected chi connectivity index (χ0v) is 15.3. The average Bonchev–Trinajstić information content (AvgIpc) is 3.19. The van der Waals surface area contributed by atoms with Crippen molar-refractivity contribution < 1.29 is 4.52 Å². The van der Waals surface area contributed by atoms with Crippen LogP contribution >= 0.6 is 0 Å². The molecule has 2 aromatic carbocycles. The highest BCUT2D eigenvalue weighted by atomic mass is 16.5. The summed E-state index contributed by atoms with van der Waals surface area (Å²) < 4.78 is 5.53. The fourth-order valence-electron chi connectivity index (χ4n) is 2.96. The van der Waals surface area contributed by atoms with Crippen molar-refractivity contribution in [3.63, 3.8) is 0 Å². The Kier molecular flexibility index (Phi) is 4.66. The number of hydrogen-bond acceptors (Lipinski definition) is 5. The van der Waals surface area contributed by atoms with Gasteiger partial charge in [-0.1, -0.05) is 59.3 Å². The fourth-order valence-corrected chi connectivity index (χ4v) is 2.96. The van der Waals surface area contributed by atoms with E-state index in [2.05, 4.69) is 39.5 Å². The number of pyridine rings is 1. The molecule has 0 aliphatic rings. The number of anilines is 1. The van der Waals surface area contributed by atoms with E-state index >= 15 is 0 Å². The van der Waals surface area contributed by atoms with Crippen LogP contribution < -0.4 is 5.32 Å². The van der Waals surface area contributed by atoms with Gasteiger partial charge >= 0.3 is 0 Å². The van der Waals surface area contributed by atoms with E-state index in [1.54, 1.807) is 6.20 Å². The SMILES string of the molecule is Cc1cccc(-c2noc(-c3cccnc3NC(C)c3ccccc3)n2)c1. The van der Waals surface area contributed by atoms with E-state index < -0.39 is 0 Å². The van der Waals surface area contributed by atoms with Crippen molar-refractivity contribution in [1.82, 2.24) is 15.1 Å². The molecule has 0 aliphatic heterocycles. The third-order valence-corrected chi connectivity index (χ3v) is 4.39. The first-order valence-corrected chi connectivity index (χ1v) is 8.88. The van der Waals surface area contributed by atoms with Gasteiger partial charge in [-0.3, -0.25) is 0 Å². The van der Waals surface area contributed by atoms with Gasteiger partial charge in [-0.05, 0) is 37.6 Å². The molecule has 0 fully saturated rings. The van der Waals surface area contributed by atoms with E-state index in [9.17, 15) is 0 Å². The van der Waals surface area contributed by atoms with Gasteiger partial charge in [0.2, 0.25) is 5.82 Å². The maximum absolute atomic E-state index is 5.53. The van der Waals surface area contributed by atoms with Crippen LogP contribution in [0.25, 0.3) is 22.8 Å². The Morgan fingerprint density at radius 1 is 0.963 bits per heavy atom. The smallest absolute Gasteiger partial charge is 0.261 e. The molecule has 2 aromatic heterocycles. The van der Waals surface area contributed by atoms with Crippen molar-refractivity contribution in [1.29, 1.82) is 0 Å². The highest BCUT2D eigenvalue weighted by Gasteiger charge is 2.16. The molecule has 1 atom stereocenters. The van der Waals surface area contributed by atoms with Gasteiger partial charge in [0, 0.05) is 17.8 Å². The molecule has 1 unspecified atom stereocenters. The van der Waals surface area contributed by atoms with Crippen molar-refractivity contribution in [2.45, 2.75) is 19.9 Å². The van der Waals surface area contributed by atoms with Crippen LogP contribution in [0.15, 0.2) is 77.4 Å². The van der Waals surface area contributed by atoms with Gasteiger partial charge in [-0.25, -0.2) is 4.98 Å². The van der Waals surface area contributed by atoms with Crippen LogP contribution in [0.2, 0.25) is 0 Å². The number of nitrogens with one attached hydrogen (secondary N) is 1. The van der Waals surface area contributed by atoms with E-state index in [0.29, 0.717) is 17.5 Å². The van der Waals surface area contributed by atoms with Crippen LogP contribution in [-0.2, 0) is 0 Å². The Morgan fingerprint density at radius 3 is 2.63 bits per heavy atom. The molecular weight excluding hydrogens is 336 g/mol. The number of aryl methyl sites for hydroxylation is 1. The number of hydrogen-bond donors (Lipinski definition) is 1. The summed E-state index contributed by atoms with van der Waals surface area (Å²) in [6.45, 7) is 4.14. The van der Waals surface area contributed by atoms with Crippen LogP contribution in [-0.4, -0.2) is 15.1 Å². The van der Waals surface area contributed by atoms with Crippen molar-refractivity contribution in [3.8, 4) is 22.8 Å². The van der Waals surface area contributed by atoms with Crippen molar-refractivity contribution in [3.05, 3.63) is 84.1 Å². The van der Waals surface area contributed by atoms with Crippen molar-refractivity contribution in [2.75, 3.05) is 5.32 Å². The predicted molar refractivity (Wildman–Crippen MR) is 106 cm³/mol. The topological polar surface area (TPSA) is 63.8 Å². The molecular formula is C22H20N4O. The van der Waals surface area contributed by atoms with Crippen molar-refractivity contribution >= 4 is 5.82 Å². The zero-order valence-electron chi connectivity index (χ0n) is 15.3. The molecule has 5 heteroatoms. The number of aromatic nitrogens is 3. The lowest BCUT2D eigenvalue weighted by Gasteiger charge is -2.16. The van der Waals surface area contributed by atoms with Crippen LogP contribution in [0.5, 0.6) is 0 Å². The third-order valence-electron chi connectivity index (χ3n) is 4.39. The standard InChI is InChI=1S/C22H20N4O/c1-15-8-6-11-18(14-15)20-25-22(27-26-20)19-12-7-13-23-21(19)24-16(2)17-9-4-3-5-10-17/h3-14,16H,1-2H3,(H,23,24). The van der Waals surface area contributed by atoms with Crippen LogP contribution in [0.1, 0.15) is 24.1 Å². The second kappa shape index (κ2) is 7.41. The number of rotatable bonds is 5. The second-order valence-electron chi connectivity index (χ2n) is 6.47. The first kappa shape index (κ1) is 17.0. The summed E-state index contributed by atoms with van der Waals surface area (Å²) in [4.78, 5) is 9.05. The molecule has 134 valence electrons. The molecule has 4 rings (SSSR count). The molecule has 2 heterocycles. The summed E-state index contributed by atoms with van der Waals surface area (Å²) in [7, 11) is 0. The fraction of sp³-hybridized carbons (Fsp3) is 0.136. The minimum Gasteiger partial charge on any atom is -0.363 e. The second-order valence-corrected chi connectivity index (χ2v) is 6.47. The van der Waals surface area contributed by atoms with Gasteiger partial charge in [-0.15, -0.1) is 0 Å². The Balaban J connectivity index is 1.64. The minimum absolute atomic E-state index is 0.0963. The molecule has 0 spiro atoms. The summed E-state index contributed by atoms with van der Waals surface area (Å²) in [6, 6.07) is 22.2. The molecule has 0 saturated heterocycles. The molecule has 0 saturated carbocycles. The lowest BCUT2D eigenvalue weighted by molar-refractivity contribution is 0.432. The van der Waals surface area contributed by atoms with Crippen LogP contribution in [0, 0.1) is 6.92 Å². The van der Waals surface area contributed by atoms with E-state index in [0.717, 1.165) is 16.7 Å². The van der Waals surface area contributed by atoms with Crippen LogP contribution in [0.3, 0.4) is 0 Å². The third kappa shape index (κ3) is 3.72. The molecule has 0 bridgehead atoms. The summed E-state index contributed by atoms with van der Waals surface area (Å²) >= 11 is 0. The van der Waals surface area contributed by atoms with Gasteiger partial charge < -0.3 is 9.84 Å². The van der Waals surface area contributed by atoms with E-state index in [1.165, 1.54) is 5.56 Å². The number of benzene rings is 2. The molecule has 27 heavy (non-hydrogen) atoms. The lowest BCUT2D eigenvalue weighted by atomic mass is 10.1. The summed E-state index contributed by atoms with van der Waals surface area (Å²) in [5.41, 5.74) is 4.05.